The number of methoxy groups -OCH3 is 1. The fourth-order valence-corrected chi connectivity index (χ4v) is 9.22. The van der Waals surface area contributed by atoms with Gasteiger partial charge in [-0.2, -0.15) is 0 Å². The molecule has 0 N–H and O–H groups in total. The van der Waals surface area contributed by atoms with Crippen LogP contribution in [-0.2, 0) is 14.3 Å². The highest BCUT2D eigenvalue weighted by Crippen LogP contribution is 2.80. The van der Waals surface area contributed by atoms with E-state index in [9.17, 15) is 9.59 Å². The van der Waals surface area contributed by atoms with Crippen molar-refractivity contribution in [1.82, 2.24) is 0 Å². The Hall–Kier alpha value is -0.860. The van der Waals surface area contributed by atoms with Gasteiger partial charge in [-0.05, 0) is 85.4 Å². The Labute approximate surface area is 157 Å². The quantitative estimate of drug-likeness (QED) is 0.676. The number of hydrogen-bond donors (Lipinski definition) is 0. The molecule has 0 amide bonds. The first-order valence-corrected chi connectivity index (χ1v) is 10.9. The average Bonchev–Trinajstić information content (AvgIpc) is 3.15. The molecule has 144 valence electrons. The summed E-state index contributed by atoms with van der Waals surface area (Å²) in [4.78, 5) is 25.5. The maximum atomic E-state index is 13.3. The summed E-state index contributed by atoms with van der Waals surface area (Å²) in [5.74, 6) is 3.57. The first kappa shape index (κ1) is 17.3. The number of carbonyl (C=O) groups excluding carboxylic acids is 2. The van der Waals surface area contributed by atoms with Crippen LogP contribution in [0.5, 0.6) is 0 Å². The van der Waals surface area contributed by atoms with Crippen LogP contribution < -0.4 is 0 Å². The van der Waals surface area contributed by atoms with Gasteiger partial charge < -0.3 is 4.74 Å². The van der Waals surface area contributed by atoms with Gasteiger partial charge in [-0.3, -0.25) is 9.59 Å². The Kier molecular flexibility index (Phi) is 3.41. The third kappa shape index (κ3) is 1.77. The van der Waals surface area contributed by atoms with Crippen molar-refractivity contribution in [2.24, 2.45) is 51.8 Å². The zero-order valence-corrected chi connectivity index (χ0v) is 16.8. The summed E-state index contributed by atoms with van der Waals surface area (Å²) >= 11 is 0. The number of carbonyl (C=O) groups is 2. The zero-order valence-electron chi connectivity index (χ0n) is 16.8. The maximum absolute atomic E-state index is 13.3. The van der Waals surface area contributed by atoms with E-state index < -0.39 is 0 Å². The van der Waals surface area contributed by atoms with E-state index in [0.29, 0.717) is 29.5 Å². The summed E-state index contributed by atoms with van der Waals surface area (Å²) in [7, 11) is 1.51. The molecule has 0 bridgehead atoms. The molecule has 5 fully saturated rings. The first-order valence-electron chi connectivity index (χ1n) is 10.9. The van der Waals surface area contributed by atoms with Gasteiger partial charge in [0.05, 0.1) is 13.0 Å². The molecule has 0 heterocycles. The Balaban J connectivity index is 1.47. The van der Waals surface area contributed by atoms with Crippen molar-refractivity contribution < 1.29 is 14.3 Å². The largest absolute Gasteiger partial charge is 0.469 e. The number of ketones is 1. The lowest BCUT2D eigenvalue weighted by molar-refractivity contribution is -0.157. The Morgan fingerprint density at radius 1 is 1.12 bits per heavy atom. The maximum Gasteiger partial charge on any atom is 0.308 e. The molecule has 5 aliphatic rings. The third-order valence-electron chi connectivity index (χ3n) is 10.6. The minimum Gasteiger partial charge on any atom is -0.469 e. The van der Waals surface area contributed by atoms with Crippen molar-refractivity contribution >= 4 is 11.8 Å². The van der Waals surface area contributed by atoms with Gasteiger partial charge in [0.15, 0.2) is 0 Å². The minimum absolute atomic E-state index is 0.0212. The van der Waals surface area contributed by atoms with Crippen molar-refractivity contribution in [3.8, 4) is 0 Å². The van der Waals surface area contributed by atoms with Crippen LogP contribution in [0, 0.1) is 51.8 Å². The molecular weight excluding hydrogens is 324 g/mol. The summed E-state index contributed by atoms with van der Waals surface area (Å²) in [6.07, 6.45) is 9.40. The lowest BCUT2D eigenvalue weighted by Crippen LogP contribution is -2.55. The molecule has 0 aromatic rings. The first-order chi connectivity index (χ1) is 12.3. The molecule has 3 heteroatoms. The second kappa shape index (κ2) is 5.14. The molecule has 9 atom stereocenters. The highest BCUT2D eigenvalue weighted by Gasteiger charge is 2.77. The second-order valence-corrected chi connectivity index (χ2v) is 10.9. The van der Waals surface area contributed by atoms with E-state index in [2.05, 4.69) is 20.8 Å². The molecule has 26 heavy (non-hydrogen) atoms. The van der Waals surface area contributed by atoms with Crippen molar-refractivity contribution in [3.05, 3.63) is 0 Å². The average molecular weight is 359 g/mol. The molecule has 1 spiro atoms. The van der Waals surface area contributed by atoms with Crippen LogP contribution >= 0.6 is 0 Å². The summed E-state index contributed by atoms with van der Waals surface area (Å²) in [5.41, 5.74) is 0.557. The van der Waals surface area contributed by atoms with Crippen LogP contribution in [0.1, 0.15) is 72.1 Å². The molecule has 5 aliphatic carbocycles. The lowest BCUT2D eigenvalue weighted by atomic mass is 9.45. The molecule has 0 aliphatic heterocycles. The number of hydrogen-bond acceptors (Lipinski definition) is 3. The number of fused-ring (bicyclic) bond motifs is 4. The van der Waals surface area contributed by atoms with Crippen molar-refractivity contribution in [2.45, 2.75) is 72.1 Å². The van der Waals surface area contributed by atoms with Gasteiger partial charge in [-0.1, -0.05) is 20.8 Å². The molecule has 5 rings (SSSR count). The van der Waals surface area contributed by atoms with E-state index in [0.717, 1.165) is 18.8 Å². The standard InChI is InChI=1S/C23H34O3/c1-13(20(25)26-4)16-5-6-17-15-11-19(24)23-12-14(23)7-10-22(23,3)18(15)8-9-21(16,17)2/h13-18H,5-12H2,1-4H3/t13-,14-,15-,16+,17-,18-,21+,22+,23-/m0/s1. The van der Waals surface area contributed by atoms with Crippen molar-refractivity contribution in [3.63, 3.8) is 0 Å². The van der Waals surface area contributed by atoms with Crippen LogP contribution in [0.25, 0.3) is 0 Å². The van der Waals surface area contributed by atoms with E-state index in [-0.39, 0.29) is 28.1 Å². The van der Waals surface area contributed by atoms with Crippen molar-refractivity contribution in [1.29, 1.82) is 0 Å². The fraction of sp³-hybridized carbons (Fsp3) is 0.913. The van der Waals surface area contributed by atoms with Crippen LogP contribution in [0.3, 0.4) is 0 Å². The highest BCUT2D eigenvalue weighted by atomic mass is 16.5. The predicted octanol–water partition coefficient (Wildman–Crippen LogP) is 4.63. The summed E-state index contributed by atoms with van der Waals surface area (Å²) in [6.45, 7) is 6.96. The van der Waals surface area contributed by atoms with E-state index in [1.165, 1.54) is 45.6 Å². The smallest absolute Gasteiger partial charge is 0.308 e. The fourth-order valence-electron chi connectivity index (χ4n) is 9.22. The Morgan fingerprint density at radius 3 is 2.58 bits per heavy atom. The molecule has 5 saturated carbocycles. The number of rotatable bonds is 2. The van der Waals surface area contributed by atoms with Gasteiger partial charge in [0, 0.05) is 11.8 Å². The van der Waals surface area contributed by atoms with Crippen LogP contribution in [0.2, 0.25) is 0 Å². The predicted molar refractivity (Wildman–Crippen MR) is 99.2 cm³/mol. The van der Waals surface area contributed by atoms with Crippen LogP contribution in [0.15, 0.2) is 0 Å². The zero-order chi connectivity index (χ0) is 18.5. The van der Waals surface area contributed by atoms with E-state index in [1.807, 2.05) is 0 Å². The minimum atomic E-state index is -0.0544. The number of Topliss-reactive ketones (excluding diaryl/α,β-unsaturated/α-hetero) is 1. The monoisotopic (exact) mass is 358 g/mol. The lowest BCUT2D eigenvalue weighted by Gasteiger charge is -2.58. The molecule has 0 aromatic heterocycles. The summed E-state index contributed by atoms with van der Waals surface area (Å²) in [5, 5.41) is 0. The summed E-state index contributed by atoms with van der Waals surface area (Å²) in [6, 6.07) is 0. The van der Waals surface area contributed by atoms with Gasteiger partial charge in [0.25, 0.3) is 0 Å². The molecular formula is C23H34O3. The Morgan fingerprint density at radius 2 is 1.88 bits per heavy atom. The molecule has 3 nitrogen and oxygen atoms in total. The van der Waals surface area contributed by atoms with Gasteiger partial charge in [0.1, 0.15) is 5.78 Å². The third-order valence-corrected chi connectivity index (χ3v) is 10.6. The normalized spacial score (nSPS) is 55.4. The topological polar surface area (TPSA) is 43.4 Å². The Bertz CT molecular complexity index is 670. The van der Waals surface area contributed by atoms with Gasteiger partial charge in [-0.25, -0.2) is 0 Å². The van der Waals surface area contributed by atoms with Gasteiger partial charge in [0.2, 0.25) is 0 Å². The van der Waals surface area contributed by atoms with E-state index in [4.69, 9.17) is 4.74 Å². The number of esters is 1. The SMILES string of the molecule is COC(=O)[C@@H](C)[C@H]1CC[C@H]2[C@@H]3CC(=O)[C@]45C[C@@H]4CC[C@]5(C)[C@H]3CC[C@]12C. The number of ether oxygens (including phenoxy) is 1. The van der Waals surface area contributed by atoms with Crippen LogP contribution in [-0.4, -0.2) is 18.9 Å². The van der Waals surface area contributed by atoms with Gasteiger partial charge in [-0.15, -0.1) is 0 Å². The molecule has 0 aromatic carbocycles. The van der Waals surface area contributed by atoms with E-state index in [1.54, 1.807) is 0 Å². The van der Waals surface area contributed by atoms with Crippen molar-refractivity contribution in [2.75, 3.05) is 7.11 Å². The van der Waals surface area contributed by atoms with E-state index >= 15 is 0 Å². The molecule has 0 radical (unpaired) electrons. The van der Waals surface area contributed by atoms with Crippen LogP contribution in [0.4, 0.5) is 0 Å². The highest BCUT2D eigenvalue weighted by molar-refractivity contribution is 5.91. The summed E-state index contributed by atoms with van der Waals surface area (Å²) < 4.78 is 5.07. The molecule has 0 unspecified atom stereocenters. The van der Waals surface area contributed by atoms with Gasteiger partial charge >= 0.3 is 5.97 Å². The second-order valence-electron chi connectivity index (χ2n) is 10.9. The molecule has 0 saturated heterocycles.